The summed E-state index contributed by atoms with van der Waals surface area (Å²) < 4.78 is 2.85. The molecule has 2 atom stereocenters. The number of aromatic hydroxyl groups is 1. The van der Waals surface area contributed by atoms with Crippen molar-refractivity contribution in [2.24, 2.45) is 0 Å². The molecule has 5 rings (SSSR count). The van der Waals surface area contributed by atoms with Crippen LogP contribution in [0, 0.1) is 0 Å². The van der Waals surface area contributed by atoms with Crippen molar-refractivity contribution in [1.29, 1.82) is 0 Å². The number of likely N-dealkylation sites (tertiary alicyclic amines) is 1. The Balaban J connectivity index is 1.77. The van der Waals surface area contributed by atoms with E-state index in [0.29, 0.717) is 17.8 Å². The van der Waals surface area contributed by atoms with Gasteiger partial charge in [0.15, 0.2) is 0 Å². The van der Waals surface area contributed by atoms with Crippen LogP contribution in [0.15, 0.2) is 47.3 Å². The molecule has 7 heteroatoms. The van der Waals surface area contributed by atoms with E-state index in [9.17, 15) is 19.8 Å². The molecule has 1 aromatic heterocycles. The molecule has 0 unspecified atom stereocenters. The lowest BCUT2D eigenvalue weighted by atomic mass is 10.1. The van der Waals surface area contributed by atoms with E-state index < -0.39 is 12.1 Å². The second kappa shape index (κ2) is 4.66. The van der Waals surface area contributed by atoms with E-state index in [2.05, 4.69) is 0 Å². The number of carbonyl (C=O) groups is 1. The summed E-state index contributed by atoms with van der Waals surface area (Å²) >= 11 is 0. The summed E-state index contributed by atoms with van der Waals surface area (Å²) in [5.74, 6) is -0.167. The molecular weight excluding hydrogens is 322 g/mol. The van der Waals surface area contributed by atoms with Crippen LogP contribution in [0.1, 0.15) is 24.2 Å². The molecule has 0 saturated carbocycles. The van der Waals surface area contributed by atoms with Crippen molar-refractivity contribution >= 4 is 16.9 Å². The van der Waals surface area contributed by atoms with Gasteiger partial charge in [0.25, 0.3) is 0 Å². The number of hydrogen-bond donors (Lipinski definition) is 2. The largest absolute Gasteiger partial charge is 0.493 e. The van der Waals surface area contributed by atoms with Crippen molar-refractivity contribution in [2.75, 3.05) is 6.54 Å². The van der Waals surface area contributed by atoms with Gasteiger partial charge in [-0.25, -0.2) is 14.2 Å². The number of benzene rings is 2. The summed E-state index contributed by atoms with van der Waals surface area (Å²) in [6, 6.07) is 12.5. The van der Waals surface area contributed by atoms with Crippen LogP contribution in [0.3, 0.4) is 0 Å². The Bertz CT molecular complexity index is 1090. The smallest absolute Gasteiger partial charge is 0.407 e. The zero-order valence-electron chi connectivity index (χ0n) is 13.2. The fourth-order valence-electron chi connectivity index (χ4n) is 4.28. The minimum atomic E-state index is -1.02. The van der Waals surface area contributed by atoms with Crippen LogP contribution in [0.4, 0.5) is 4.79 Å². The lowest BCUT2D eigenvalue weighted by Gasteiger charge is -2.24. The number of amides is 1. The number of nitrogens with zero attached hydrogens (tertiary/aromatic N) is 3. The van der Waals surface area contributed by atoms with Gasteiger partial charge in [0.1, 0.15) is 5.69 Å². The first-order valence-corrected chi connectivity index (χ1v) is 8.11. The molecule has 0 spiro atoms. The highest BCUT2D eigenvalue weighted by Crippen LogP contribution is 2.48. The monoisotopic (exact) mass is 337 g/mol. The van der Waals surface area contributed by atoms with Crippen molar-refractivity contribution in [1.82, 2.24) is 14.0 Å². The molecule has 126 valence electrons. The SMILES string of the molecule is O=C(O)N1C[C@@H]2C[C@H]1c1c(O)n(-c3cccc4ccccc34)c(=O)n12. The van der Waals surface area contributed by atoms with Gasteiger partial charge in [0, 0.05) is 11.9 Å². The molecule has 1 fully saturated rings. The lowest BCUT2D eigenvalue weighted by Crippen LogP contribution is -2.36. The van der Waals surface area contributed by atoms with Crippen LogP contribution in [0.25, 0.3) is 16.5 Å². The molecule has 3 aromatic rings. The van der Waals surface area contributed by atoms with E-state index in [0.717, 1.165) is 10.8 Å². The highest BCUT2D eigenvalue weighted by molar-refractivity contribution is 5.90. The highest BCUT2D eigenvalue weighted by atomic mass is 16.4. The molecule has 2 aliphatic rings. The Hall–Kier alpha value is -3.22. The third-order valence-electron chi connectivity index (χ3n) is 5.31. The summed E-state index contributed by atoms with van der Waals surface area (Å²) in [6.07, 6.45) is -0.482. The molecule has 25 heavy (non-hydrogen) atoms. The number of imidazole rings is 1. The minimum Gasteiger partial charge on any atom is -0.493 e. The van der Waals surface area contributed by atoms with E-state index >= 15 is 0 Å². The van der Waals surface area contributed by atoms with E-state index in [1.165, 1.54) is 9.47 Å². The third kappa shape index (κ3) is 1.69. The van der Waals surface area contributed by atoms with Gasteiger partial charge in [-0.2, -0.15) is 0 Å². The summed E-state index contributed by atoms with van der Waals surface area (Å²) in [6.45, 7) is 0.284. The Morgan fingerprint density at radius 2 is 1.88 bits per heavy atom. The summed E-state index contributed by atoms with van der Waals surface area (Å²) in [5, 5.41) is 21.9. The van der Waals surface area contributed by atoms with E-state index in [1.807, 2.05) is 36.4 Å². The number of rotatable bonds is 1. The second-order valence-corrected chi connectivity index (χ2v) is 6.54. The number of fused-ring (bicyclic) bond motifs is 6. The fraction of sp³-hybridized carbons (Fsp3) is 0.222. The molecule has 2 aliphatic heterocycles. The Labute approximate surface area is 142 Å². The van der Waals surface area contributed by atoms with Gasteiger partial charge >= 0.3 is 11.8 Å². The zero-order valence-corrected chi connectivity index (χ0v) is 13.2. The van der Waals surface area contributed by atoms with Gasteiger partial charge < -0.3 is 10.2 Å². The zero-order chi connectivity index (χ0) is 17.3. The van der Waals surface area contributed by atoms with Gasteiger partial charge in [-0.1, -0.05) is 36.4 Å². The molecule has 3 heterocycles. The van der Waals surface area contributed by atoms with Crippen LogP contribution in [0.2, 0.25) is 0 Å². The quantitative estimate of drug-likeness (QED) is 0.714. The Kier molecular flexibility index (Phi) is 2.64. The van der Waals surface area contributed by atoms with Crippen molar-refractivity contribution in [3.8, 4) is 11.6 Å². The van der Waals surface area contributed by atoms with E-state index in [1.54, 1.807) is 10.6 Å². The molecule has 0 aliphatic carbocycles. The fourth-order valence-corrected chi connectivity index (χ4v) is 4.28. The first-order chi connectivity index (χ1) is 12.1. The first kappa shape index (κ1) is 14.2. The molecule has 1 saturated heterocycles. The van der Waals surface area contributed by atoms with Gasteiger partial charge in [-0.3, -0.25) is 9.47 Å². The summed E-state index contributed by atoms with van der Waals surface area (Å²) in [4.78, 5) is 25.7. The number of carboxylic acid groups (broad SMARTS) is 1. The third-order valence-corrected chi connectivity index (χ3v) is 5.31. The highest BCUT2D eigenvalue weighted by Gasteiger charge is 2.49. The van der Waals surface area contributed by atoms with Crippen molar-refractivity contribution in [2.45, 2.75) is 18.5 Å². The topological polar surface area (TPSA) is 87.7 Å². The van der Waals surface area contributed by atoms with Gasteiger partial charge in [0.05, 0.1) is 17.8 Å². The predicted molar refractivity (Wildman–Crippen MR) is 90.3 cm³/mol. The summed E-state index contributed by atoms with van der Waals surface area (Å²) in [7, 11) is 0. The molecule has 2 aromatic carbocycles. The van der Waals surface area contributed by atoms with Crippen LogP contribution in [-0.2, 0) is 0 Å². The maximum Gasteiger partial charge on any atom is 0.407 e. The Morgan fingerprint density at radius 3 is 2.68 bits per heavy atom. The van der Waals surface area contributed by atoms with Gasteiger partial charge in [0.2, 0.25) is 5.88 Å². The summed E-state index contributed by atoms with van der Waals surface area (Å²) in [5.41, 5.74) is 0.682. The standard InChI is InChI=1S/C18H15N3O4/c22-16-15-14-8-11(9-19(14)18(24)25)20(15)17(23)21(16)13-7-3-5-10-4-1-2-6-12(10)13/h1-7,11,14,22H,8-9H2,(H,24,25)/t11-,14-/m0/s1. The molecule has 2 bridgehead atoms. The molecule has 7 nitrogen and oxygen atoms in total. The van der Waals surface area contributed by atoms with E-state index in [-0.39, 0.29) is 24.2 Å². The average molecular weight is 337 g/mol. The van der Waals surface area contributed by atoms with E-state index in [4.69, 9.17) is 0 Å². The maximum atomic E-state index is 13.0. The predicted octanol–water partition coefficient (Wildman–Crippen LogP) is 2.48. The number of aromatic nitrogens is 2. The number of hydrogen-bond acceptors (Lipinski definition) is 3. The van der Waals surface area contributed by atoms with Gasteiger partial charge in [-0.05, 0) is 17.9 Å². The molecule has 2 N–H and O–H groups in total. The van der Waals surface area contributed by atoms with Crippen LogP contribution in [-0.4, -0.2) is 36.9 Å². The molecule has 0 radical (unpaired) electrons. The lowest BCUT2D eigenvalue weighted by molar-refractivity contribution is 0.133. The second-order valence-electron chi connectivity index (χ2n) is 6.54. The Morgan fingerprint density at radius 1 is 1.12 bits per heavy atom. The van der Waals surface area contributed by atoms with Crippen molar-refractivity contribution in [3.63, 3.8) is 0 Å². The first-order valence-electron chi connectivity index (χ1n) is 8.11. The molecule has 1 amide bonds. The van der Waals surface area contributed by atoms with Gasteiger partial charge in [-0.15, -0.1) is 0 Å². The maximum absolute atomic E-state index is 13.0. The van der Waals surface area contributed by atoms with Crippen molar-refractivity contribution < 1.29 is 15.0 Å². The molecular formula is C18H15N3O4. The normalized spacial score (nSPS) is 21.0. The average Bonchev–Trinajstić information content (AvgIpc) is 3.26. The van der Waals surface area contributed by atoms with Crippen LogP contribution >= 0.6 is 0 Å². The van der Waals surface area contributed by atoms with Crippen molar-refractivity contribution in [3.05, 3.63) is 58.6 Å². The van der Waals surface area contributed by atoms with Crippen LogP contribution < -0.4 is 5.69 Å². The van der Waals surface area contributed by atoms with Crippen LogP contribution in [0.5, 0.6) is 5.88 Å². The minimum absolute atomic E-state index is 0.167.